The fraction of sp³-hybridized carbons (Fsp3) is 0.375. The normalized spacial score (nSPS) is 10.2. The summed E-state index contributed by atoms with van der Waals surface area (Å²) in [7, 11) is 0. The number of aryl methyl sites for hydroxylation is 2. The first kappa shape index (κ1) is 23.9. The maximum Gasteiger partial charge on any atom is 0.305 e. The molecule has 0 radical (unpaired) electrons. The van der Waals surface area contributed by atoms with Crippen LogP contribution in [-0.4, -0.2) is 31.0 Å². The van der Waals surface area contributed by atoms with Gasteiger partial charge in [-0.3, -0.25) is 25.2 Å². The molecule has 166 valence electrons. The van der Waals surface area contributed by atoms with Crippen molar-refractivity contribution in [3.05, 3.63) is 65.7 Å². The van der Waals surface area contributed by atoms with Crippen LogP contribution in [-0.2, 0) is 32.0 Å². The van der Waals surface area contributed by atoms with Crippen LogP contribution in [0.4, 0.5) is 0 Å². The van der Waals surface area contributed by atoms with Gasteiger partial charge in [0.15, 0.2) is 6.61 Å². The van der Waals surface area contributed by atoms with E-state index in [-0.39, 0.29) is 31.3 Å². The van der Waals surface area contributed by atoms with Gasteiger partial charge < -0.3 is 9.47 Å². The summed E-state index contributed by atoms with van der Waals surface area (Å²) >= 11 is 0. The van der Waals surface area contributed by atoms with Crippen molar-refractivity contribution in [2.75, 3.05) is 13.2 Å². The molecular formula is C24H30N2O5. The van der Waals surface area contributed by atoms with E-state index in [4.69, 9.17) is 9.47 Å². The standard InChI is InChI=1S/C24H30N2O5/c1-2-19-13-15-21(16-14-19)31-18-23(28)26-25-22(27)11-6-12-24(29)30-17-7-10-20-8-4-3-5-9-20/h3-5,8-9,13-16H,2,6-7,10-12,17-18H2,1H3,(H,25,27)(H,26,28). The van der Waals surface area contributed by atoms with Crippen LogP contribution in [0.5, 0.6) is 5.75 Å². The topological polar surface area (TPSA) is 93.7 Å². The molecule has 2 aromatic rings. The van der Waals surface area contributed by atoms with E-state index in [9.17, 15) is 14.4 Å². The van der Waals surface area contributed by atoms with E-state index in [0.717, 1.165) is 19.3 Å². The van der Waals surface area contributed by atoms with Gasteiger partial charge >= 0.3 is 5.97 Å². The summed E-state index contributed by atoms with van der Waals surface area (Å²) in [4.78, 5) is 35.2. The second kappa shape index (κ2) is 13.8. The molecule has 0 saturated heterocycles. The lowest BCUT2D eigenvalue weighted by atomic mass is 10.1. The molecule has 0 heterocycles. The van der Waals surface area contributed by atoms with Crippen molar-refractivity contribution in [2.24, 2.45) is 0 Å². The van der Waals surface area contributed by atoms with E-state index in [1.165, 1.54) is 11.1 Å². The SMILES string of the molecule is CCc1ccc(OCC(=O)NNC(=O)CCCC(=O)OCCCc2ccccc2)cc1. The smallest absolute Gasteiger partial charge is 0.305 e. The summed E-state index contributed by atoms with van der Waals surface area (Å²) in [6.07, 6.45) is 3.15. The van der Waals surface area contributed by atoms with Gasteiger partial charge in [-0.1, -0.05) is 49.4 Å². The van der Waals surface area contributed by atoms with Crippen LogP contribution in [0.15, 0.2) is 54.6 Å². The molecule has 31 heavy (non-hydrogen) atoms. The van der Waals surface area contributed by atoms with E-state index < -0.39 is 5.91 Å². The molecule has 0 aliphatic rings. The van der Waals surface area contributed by atoms with Gasteiger partial charge in [-0.2, -0.15) is 0 Å². The van der Waals surface area contributed by atoms with E-state index >= 15 is 0 Å². The van der Waals surface area contributed by atoms with Gasteiger partial charge in [0.2, 0.25) is 5.91 Å². The summed E-state index contributed by atoms with van der Waals surface area (Å²) in [5.41, 5.74) is 6.99. The van der Waals surface area contributed by atoms with Gasteiger partial charge in [-0.25, -0.2) is 0 Å². The van der Waals surface area contributed by atoms with E-state index in [0.29, 0.717) is 18.8 Å². The molecule has 2 rings (SSSR count). The summed E-state index contributed by atoms with van der Waals surface area (Å²) in [5, 5.41) is 0. The number of ether oxygens (including phenoxy) is 2. The highest BCUT2D eigenvalue weighted by molar-refractivity contribution is 5.83. The largest absolute Gasteiger partial charge is 0.484 e. The predicted molar refractivity (Wildman–Crippen MR) is 117 cm³/mol. The molecule has 0 unspecified atom stereocenters. The molecule has 0 bridgehead atoms. The van der Waals surface area contributed by atoms with E-state index in [1.54, 1.807) is 12.1 Å². The Balaban J connectivity index is 1.49. The van der Waals surface area contributed by atoms with Crippen LogP contribution in [0, 0.1) is 0 Å². The van der Waals surface area contributed by atoms with Crippen molar-refractivity contribution >= 4 is 17.8 Å². The van der Waals surface area contributed by atoms with Crippen molar-refractivity contribution < 1.29 is 23.9 Å². The molecule has 2 aromatic carbocycles. The summed E-state index contributed by atoms with van der Waals surface area (Å²) in [6.45, 7) is 2.21. The molecule has 7 nitrogen and oxygen atoms in total. The quantitative estimate of drug-likeness (QED) is 0.309. The van der Waals surface area contributed by atoms with Gasteiger partial charge in [0.25, 0.3) is 5.91 Å². The van der Waals surface area contributed by atoms with Crippen molar-refractivity contribution in [2.45, 2.75) is 45.4 Å². The van der Waals surface area contributed by atoms with Gasteiger partial charge in [0.05, 0.1) is 6.61 Å². The zero-order chi connectivity index (χ0) is 22.3. The molecule has 0 saturated carbocycles. The minimum atomic E-state index is -0.467. The highest BCUT2D eigenvalue weighted by Gasteiger charge is 2.08. The minimum absolute atomic E-state index is 0.110. The predicted octanol–water partition coefficient (Wildman–Crippen LogP) is 3.12. The number of carbonyl (C=O) groups excluding carboxylic acids is 3. The Kier molecular flexibility index (Phi) is 10.6. The second-order valence-electron chi connectivity index (χ2n) is 7.05. The van der Waals surface area contributed by atoms with Crippen molar-refractivity contribution in [1.82, 2.24) is 10.9 Å². The van der Waals surface area contributed by atoms with Gasteiger partial charge in [0, 0.05) is 12.8 Å². The van der Waals surface area contributed by atoms with Crippen molar-refractivity contribution in [3.63, 3.8) is 0 Å². The van der Waals surface area contributed by atoms with Gasteiger partial charge in [-0.15, -0.1) is 0 Å². The van der Waals surface area contributed by atoms with Crippen molar-refractivity contribution in [3.8, 4) is 5.75 Å². The zero-order valence-corrected chi connectivity index (χ0v) is 17.9. The van der Waals surface area contributed by atoms with Gasteiger partial charge in [0.1, 0.15) is 5.75 Å². The highest BCUT2D eigenvalue weighted by Crippen LogP contribution is 2.12. The Morgan fingerprint density at radius 2 is 1.52 bits per heavy atom. The lowest BCUT2D eigenvalue weighted by Crippen LogP contribution is -2.43. The Hall–Kier alpha value is -3.35. The number of esters is 1. The number of hydrogen-bond acceptors (Lipinski definition) is 5. The second-order valence-corrected chi connectivity index (χ2v) is 7.05. The first-order chi connectivity index (χ1) is 15.1. The number of hydrogen-bond donors (Lipinski definition) is 2. The Morgan fingerprint density at radius 3 is 2.23 bits per heavy atom. The third kappa shape index (κ3) is 10.3. The number of benzene rings is 2. The first-order valence-corrected chi connectivity index (χ1v) is 10.6. The van der Waals surface area contributed by atoms with Crippen LogP contribution >= 0.6 is 0 Å². The number of rotatable bonds is 12. The van der Waals surface area contributed by atoms with Crippen LogP contribution < -0.4 is 15.6 Å². The lowest BCUT2D eigenvalue weighted by Gasteiger charge is -2.09. The zero-order valence-electron chi connectivity index (χ0n) is 17.9. The highest BCUT2D eigenvalue weighted by atomic mass is 16.5. The van der Waals surface area contributed by atoms with Crippen LogP contribution in [0.3, 0.4) is 0 Å². The maximum absolute atomic E-state index is 11.8. The Bertz CT molecular complexity index is 822. The Labute approximate surface area is 183 Å². The molecule has 0 aliphatic heterocycles. The fourth-order valence-corrected chi connectivity index (χ4v) is 2.78. The van der Waals surface area contributed by atoms with Crippen molar-refractivity contribution in [1.29, 1.82) is 0 Å². The molecule has 2 amide bonds. The van der Waals surface area contributed by atoms with E-state index in [2.05, 4.69) is 17.8 Å². The summed E-state index contributed by atoms with van der Waals surface area (Å²) < 4.78 is 10.5. The van der Waals surface area contributed by atoms with Crippen LogP contribution in [0.25, 0.3) is 0 Å². The van der Waals surface area contributed by atoms with Crippen LogP contribution in [0.1, 0.15) is 43.7 Å². The number of hydrazine groups is 1. The first-order valence-electron chi connectivity index (χ1n) is 10.6. The average Bonchev–Trinajstić information content (AvgIpc) is 2.80. The summed E-state index contributed by atoms with van der Waals surface area (Å²) in [5.74, 6) is -0.586. The molecule has 0 atom stereocenters. The molecule has 0 spiro atoms. The van der Waals surface area contributed by atoms with E-state index in [1.807, 2.05) is 42.5 Å². The molecule has 0 aromatic heterocycles. The molecule has 7 heteroatoms. The van der Waals surface area contributed by atoms with Crippen LogP contribution in [0.2, 0.25) is 0 Å². The minimum Gasteiger partial charge on any atom is -0.484 e. The Morgan fingerprint density at radius 1 is 0.806 bits per heavy atom. The third-order valence-corrected chi connectivity index (χ3v) is 4.54. The molecule has 0 aliphatic carbocycles. The molecule has 0 fully saturated rings. The monoisotopic (exact) mass is 426 g/mol. The third-order valence-electron chi connectivity index (χ3n) is 4.54. The van der Waals surface area contributed by atoms with Gasteiger partial charge in [-0.05, 0) is 48.9 Å². The fourth-order valence-electron chi connectivity index (χ4n) is 2.78. The maximum atomic E-state index is 11.8. The summed E-state index contributed by atoms with van der Waals surface area (Å²) in [6, 6.07) is 17.5. The number of amides is 2. The molecule has 2 N–H and O–H groups in total. The average molecular weight is 427 g/mol. The number of nitrogens with one attached hydrogen (secondary N) is 2. The molecular weight excluding hydrogens is 396 g/mol. The lowest BCUT2D eigenvalue weighted by molar-refractivity contribution is -0.144. The number of carbonyl (C=O) groups is 3.